The number of hydrogen-bond acceptors (Lipinski definition) is 6. The third-order valence-electron chi connectivity index (χ3n) is 2.49. The predicted octanol–water partition coefficient (Wildman–Crippen LogP) is 2.36. The molecule has 11 heteroatoms. The van der Waals surface area contributed by atoms with Crippen LogP contribution in [0.3, 0.4) is 0 Å². The van der Waals surface area contributed by atoms with Crippen molar-refractivity contribution in [3.05, 3.63) is 46.1 Å². The van der Waals surface area contributed by atoms with E-state index in [9.17, 15) is 13.2 Å². The van der Waals surface area contributed by atoms with Gasteiger partial charge < -0.3 is 9.15 Å². The normalized spacial score (nSPS) is 11.6. The molecule has 1 aromatic heterocycles. The van der Waals surface area contributed by atoms with E-state index in [-0.39, 0.29) is 23.1 Å². The topological polar surface area (TPSA) is 118 Å². The van der Waals surface area contributed by atoms with E-state index in [1.165, 1.54) is 18.2 Å². The number of nitrogens with one attached hydrogen (secondary N) is 1. The van der Waals surface area contributed by atoms with Gasteiger partial charge in [0.05, 0.1) is 11.2 Å². The largest absolute Gasteiger partial charge is 0.482 e. The van der Waals surface area contributed by atoms with Gasteiger partial charge in [0.1, 0.15) is 11.5 Å². The van der Waals surface area contributed by atoms with E-state index in [0.717, 1.165) is 12.3 Å². The summed E-state index contributed by atoms with van der Waals surface area (Å²) in [4.78, 5) is 11.6. The summed E-state index contributed by atoms with van der Waals surface area (Å²) >= 11 is 11.6. The van der Waals surface area contributed by atoms with Crippen molar-refractivity contribution in [1.82, 2.24) is 5.43 Å². The lowest BCUT2D eigenvalue weighted by atomic mass is 10.3. The molecule has 1 aromatic carbocycles. The van der Waals surface area contributed by atoms with Gasteiger partial charge in [0.25, 0.3) is 5.91 Å². The number of halogens is 2. The van der Waals surface area contributed by atoms with Gasteiger partial charge in [-0.1, -0.05) is 23.2 Å². The fourth-order valence-corrected chi connectivity index (χ4v) is 2.38. The third-order valence-corrected chi connectivity index (χ3v) is 3.75. The quantitative estimate of drug-likeness (QED) is 0.442. The average Bonchev–Trinajstić information content (AvgIpc) is 2.95. The minimum absolute atomic E-state index is 0.0181. The summed E-state index contributed by atoms with van der Waals surface area (Å²) < 4.78 is 40.4. The molecule has 0 radical (unpaired) electrons. The molecule has 1 heterocycles. The van der Waals surface area contributed by atoms with Crippen molar-refractivity contribution in [2.75, 3.05) is 6.61 Å². The van der Waals surface area contributed by atoms with Gasteiger partial charge in [0.15, 0.2) is 6.61 Å². The molecule has 1 amide bonds. The highest BCUT2D eigenvalue weighted by Gasteiger charge is 2.14. The first kappa shape index (κ1) is 18.3. The van der Waals surface area contributed by atoms with Crippen LogP contribution in [0, 0.1) is 0 Å². The summed E-state index contributed by atoms with van der Waals surface area (Å²) in [5.41, 5.74) is 2.14. The van der Waals surface area contributed by atoms with E-state index in [1.54, 1.807) is 6.07 Å². The minimum Gasteiger partial charge on any atom is -0.482 e. The third kappa shape index (κ3) is 5.24. The minimum atomic E-state index is -4.43. The molecule has 128 valence electrons. The van der Waals surface area contributed by atoms with Crippen molar-refractivity contribution >= 4 is 45.4 Å². The molecule has 2 rings (SSSR count). The van der Waals surface area contributed by atoms with Crippen molar-refractivity contribution in [2.24, 2.45) is 5.10 Å². The van der Waals surface area contributed by atoms with E-state index in [0.29, 0.717) is 5.02 Å². The maximum atomic E-state index is 11.6. The molecule has 0 saturated heterocycles. The van der Waals surface area contributed by atoms with Crippen LogP contribution in [0.1, 0.15) is 5.76 Å². The van der Waals surface area contributed by atoms with Gasteiger partial charge in [-0.3, -0.25) is 9.35 Å². The van der Waals surface area contributed by atoms with Gasteiger partial charge in [-0.05, 0) is 30.3 Å². The van der Waals surface area contributed by atoms with Crippen LogP contribution >= 0.6 is 23.2 Å². The van der Waals surface area contributed by atoms with Crippen molar-refractivity contribution in [3.63, 3.8) is 0 Å². The second-order valence-corrected chi connectivity index (χ2v) is 6.48. The van der Waals surface area contributed by atoms with E-state index in [1.807, 2.05) is 0 Å². The molecule has 0 aliphatic carbocycles. The number of carbonyl (C=O) groups is 1. The van der Waals surface area contributed by atoms with Crippen molar-refractivity contribution in [2.45, 2.75) is 5.09 Å². The number of carbonyl (C=O) groups excluding carboxylic acids is 1. The van der Waals surface area contributed by atoms with Crippen LogP contribution in [-0.4, -0.2) is 31.7 Å². The van der Waals surface area contributed by atoms with Gasteiger partial charge in [-0.25, -0.2) is 5.43 Å². The molecule has 0 aliphatic rings. The number of benzene rings is 1. The number of amides is 1. The molecule has 0 aliphatic heterocycles. The van der Waals surface area contributed by atoms with Crippen molar-refractivity contribution < 1.29 is 26.9 Å². The van der Waals surface area contributed by atoms with E-state index >= 15 is 0 Å². The Morgan fingerprint density at radius 3 is 2.71 bits per heavy atom. The predicted molar refractivity (Wildman–Crippen MR) is 86.2 cm³/mol. The Kier molecular flexibility index (Phi) is 5.84. The van der Waals surface area contributed by atoms with Crippen LogP contribution in [0.25, 0.3) is 0 Å². The SMILES string of the molecule is O=C(COc1ccc(Cl)cc1Cl)N/N=C\c1ccc(S(=O)(=O)O)o1. The molecule has 0 fully saturated rings. The van der Waals surface area contributed by atoms with E-state index in [4.69, 9.17) is 36.9 Å². The lowest BCUT2D eigenvalue weighted by Gasteiger charge is -2.06. The highest BCUT2D eigenvalue weighted by atomic mass is 35.5. The standard InChI is InChI=1S/C13H10Cl2N2O6S/c14-8-1-3-11(10(15)5-8)22-7-12(18)17-16-6-9-2-4-13(23-9)24(19,20)21/h1-6H,7H2,(H,17,18)(H,19,20,21)/b16-6-. The van der Waals surface area contributed by atoms with Gasteiger partial charge in [0, 0.05) is 5.02 Å². The maximum Gasteiger partial charge on any atom is 0.328 e. The fourth-order valence-electron chi connectivity index (χ4n) is 1.48. The zero-order chi connectivity index (χ0) is 17.7. The van der Waals surface area contributed by atoms with Crippen LogP contribution < -0.4 is 10.2 Å². The smallest absolute Gasteiger partial charge is 0.328 e. The van der Waals surface area contributed by atoms with Crippen LogP contribution in [0.5, 0.6) is 5.75 Å². The first-order valence-corrected chi connectivity index (χ1v) is 8.42. The lowest BCUT2D eigenvalue weighted by Crippen LogP contribution is -2.24. The van der Waals surface area contributed by atoms with E-state index in [2.05, 4.69) is 10.5 Å². The molecule has 8 nitrogen and oxygen atoms in total. The number of rotatable bonds is 6. The van der Waals surface area contributed by atoms with Crippen LogP contribution in [0.15, 0.2) is 44.9 Å². The summed E-state index contributed by atoms with van der Waals surface area (Å²) in [7, 11) is -4.43. The number of hydrazone groups is 1. The fraction of sp³-hybridized carbons (Fsp3) is 0.0769. The molecule has 0 atom stereocenters. The van der Waals surface area contributed by atoms with Gasteiger partial charge in [-0.15, -0.1) is 0 Å². The van der Waals surface area contributed by atoms with Crippen LogP contribution in [0.2, 0.25) is 10.0 Å². The monoisotopic (exact) mass is 392 g/mol. The number of ether oxygens (including phenoxy) is 1. The molecule has 2 aromatic rings. The molecule has 2 N–H and O–H groups in total. The number of nitrogens with zero attached hydrogens (tertiary/aromatic N) is 1. The number of hydrogen-bond donors (Lipinski definition) is 2. The van der Waals surface area contributed by atoms with Crippen LogP contribution in [-0.2, 0) is 14.9 Å². The molecule has 0 unspecified atom stereocenters. The van der Waals surface area contributed by atoms with Gasteiger partial charge in [0.2, 0.25) is 5.09 Å². The Bertz CT molecular complexity index is 878. The van der Waals surface area contributed by atoms with Gasteiger partial charge >= 0.3 is 10.1 Å². The highest BCUT2D eigenvalue weighted by Crippen LogP contribution is 2.27. The second-order valence-electron chi connectivity index (χ2n) is 4.29. The number of furan rings is 1. The Morgan fingerprint density at radius 1 is 1.33 bits per heavy atom. The second kappa shape index (κ2) is 7.67. The first-order chi connectivity index (χ1) is 11.3. The zero-order valence-electron chi connectivity index (χ0n) is 11.8. The van der Waals surface area contributed by atoms with Crippen molar-refractivity contribution in [3.8, 4) is 5.75 Å². The Hall–Kier alpha value is -2.07. The summed E-state index contributed by atoms with van der Waals surface area (Å²) in [6.45, 7) is -0.354. The highest BCUT2D eigenvalue weighted by molar-refractivity contribution is 7.85. The summed E-state index contributed by atoms with van der Waals surface area (Å²) in [6.07, 6.45) is 1.06. The summed E-state index contributed by atoms with van der Waals surface area (Å²) in [5.74, 6) is -0.285. The molecule has 0 bridgehead atoms. The molecule has 0 saturated carbocycles. The average molecular weight is 393 g/mol. The Balaban J connectivity index is 1.85. The molecule has 0 spiro atoms. The molecular weight excluding hydrogens is 383 g/mol. The van der Waals surface area contributed by atoms with Gasteiger partial charge in [-0.2, -0.15) is 13.5 Å². The molecular formula is C13H10Cl2N2O6S. The summed E-state index contributed by atoms with van der Waals surface area (Å²) in [5, 5.41) is 3.62. The van der Waals surface area contributed by atoms with Crippen LogP contribution in [0.4, 0.5) is 0 Å². The Labute approximate surface area is 146 Å². The lowest BCUT2D eigenvalue weighted by molar-refractivity contribution is -0.123. The summed E-state index contributed by atoms with van der Waals surface area (Å²) in [6, 6.07) is 6.84. The zero-order valence-corrected chi connectivity index (χ0v) is 14.1. The first-order valence-electron chi connectivity index (χ1n) is 6.23. The van der Waals surface area contributed by atoms with E-state index < -0.39 is 21.1 Å². The Morgan fingerprint density at radius 2 is 2.08 bits per heavy atom. The molecule has 24 heavy (non-hydrogen) atoms. The van der Waals surface area contributed by atoms with Crippen molar-refractivity contribution in [1.29, 1.82) is 0 Å². The maximum absolute atomic E-state index is 11.6.